The number of nitrogens with zero attached hydrogens (tertiary/aromatic N) is 7. The number of aryl methyl sites for hydroxylation is 2. The van der Waals surface area contributed by atoms with Gasteiger partial charge < -0.3 is 19.8 Å². The highest BCUT2D eigenvalue weighted by Gasteiger charge is 2.26. The Morgan fingerprint density at radius 1 is 1.00 bits per heavy atom. The summed E-state index contributed by atoms with van der Waals surface area (Å²) in [5.74, 6) is 1.24. The van der Waals surface area contributed by atoms with Crippen LogP contribution in [0.25, 0.3) is 11.1 Å². The van der Waals surface area contributed by atoms with Crippen LogP contribution in [0.2, 0.25) is 0 Å². The molecule has 0 saturated carbocycles. The van der Waals surface area contributed by atoms with E-state index in [4.69, 9.17) is 9.97 Å². The SMILES string of the molecule is CCC(O)C1CCN(c2ncc(-c3ccccc3N3CCN(C(=O)Cn4nc(C)cc4C)CC3)cn2)CC1. The van der Waals surface area contributed by atoms with Crippen molar-refractivity contribution in [2.45, 2.75) is 52.7 Å². The van der Waals surface area contributed by atoms with E-state index < -0.39 is 0 Å². The zero-order valence-electron chi connectivity index (χ0n) is 22.8. The van der Waals surface area contributed by atoms with Crippen molar-refractivity contribution in [2.75, 3.05) is 49.1 Å². The molecule has 4 heterocycles. The predicted molar refractivity (Wildman–Crippen MR) is 149 cm³/mol. The number of amides is 1. The van der Waals surface area contributed by atoms with Crippen LogP contribution in [0.5, 0.6) is 0 Å². The van der Waals surface area contributed by atoms with Crippen molar-refractivity contribution >= 4 is 17.5 Å². The molecule has 1 atom stereocenters. The Bertz CT molecular complexity index is 1230. The number of aliphatic hydroxyl groups is 1. The number of carbonyl (C=O) groups excluding carboxylic acids is 1. The first-order chi connectivity index (χ1) is 18.4. The number of aliphatic hydroxyl groups excluding tert-OH is 1. The minimum absolute atomic E-state index is 0.112. The third-order valence-corrected chi connectivity index (χ3v) is 8.00. The maximum Gasteiger partial charge on any atom is 0.244 e. The van der Waals surface area contributed by atoms with E-state index in [1.54, 1.807) is 4.68 Å². The normalized spacial score (nSPS) is 17.6. The maximum absolute atomic E-state index is 12.9. The van der Waals surface area contributed by atoms with Gasteiger partial charge in [0.1, 0.15) is 6.54 Å². The molecule has 1 amide bonds. The molecule has 2 aliphatic rings. The molecule has 2 aromatic heterocycles. The molecule has 1 unspecified atom stereocenters. The van der Waals surface area contributed by atoms with E-state index in [1.807, 2.05) is 50.2 Å². The van der Waals surface area contributed by atoms with Gasteiger partial charge in [0.05, 0.1) is 11.8 Å². The minimum atomic E-state index is -0.207. The van der Waals surface area contributed by atoms with Crippen molar-refractivity contribution < 1.29 is 9.90 Å². The highest BCUT2D eigenvalue weighted by atomic mass is 16.3. The van der Waals surface area contributed by atoms with Crippen LogP contribution in [0.3, 0.4) is 0 Å². The number of para-hydroxylation sites is 1. The molecule has 1 aromatic carbocycles. The number of piperidine rings is 1. The van der Waals surface area contributed by atoms with E-state index in [9.17, 15) is 9.90 Å². The van der Waals surface area contributed by atoms with Crippen molar-refractivity contribution in [3.63, 3.8) is 0 Å². The van der Waals surface area contributed by atoms with Crippen LogP contribution in [-0.2, 0) is 11.3 Å². The van der Waals surface area contributed by atoms with Crippen molar-refractivity contribution in [2.24, 2.45) is 5.92 Å². The summed E-state index contributed by atoms with van der Waals surface area (Å²) in [4.78, 5) is 28.8. The van der Waals surface area contributed by atoms with Crippen LogP contribution < -0.4 is 9.80 Å². The molecule has 3 aromatic rings. The molecule has 0 aliphatic carbocycles. The topological polar surface area (TPSA) is 90.6 Å². The van der Waals surface area contributed by atoms with Crippen LogP contribution in [0.15, 0.2) is 42.7 Å². The smallest absolute Gasteiger partial charge is 0.244 e. The van der Waals surface area contributed by atoms with E-state index in [2.05, 4.69) is 33.1 Å². The van der Waals surface area contributed by atoms with Gasteiger partial charge in [-0.05, 0) is 51.2 Å². The number of hydrogen-bond donors (Lipinski definition) is 1. The molecule has 0 bridgehead atoms. The molecule has 202 valence electrons. The summed E-state index contributed by atoms with van der Waals surface area (Å²) in [5, 5.41) is 14.6. The predicted octanol–water partition coefficient (Wildman–Crippen LogP) is 3.29. The van der Waals surface area contributed by atoms with Crippen LogP contribution in [0.4, 0.5) is 11.6 Å². The minimum Gasteiger partial charge on any atom is -0.393 e. The Morgan fingerprint density at radius 2 is 1.68 bits per heavy atom. The standard InChI is InChI=1S/C29H39N7O2/c1-4-27(37)23-9-11-35(12-10-23)29-30-18-24(19-31-29)25-7-5-6-8-26(25)33-13-15-34(16-14-33)28(38)20-36-22(3)17-21(2)32-36/h5-8,17-19,23,27,37H,4,9-16,20H2,1-3H3. The van der Waals surface area contributed by atoms with Crippen LogP contribution in [-0.4, -0.2) is 81.0 Å². The average Bonchev–Trinajstić information content (AvgIpc) is 3.28. The van der Waals surface area contributed by atoms with Crippen LogP contribution >= 0.6 is 0 Å². The fourth-order valence-corrected chi connectivity index (χ4v) is 5.69. The first-order valence-electron chi connectivity index (χ1n) is 13.8. The lowest BCUT2D eigenvalue weighted by Gasteiger charge is -2.37. The van der Waals surface area contributed by atoms with Gasteiger partial charge in [0, 0.05) is 74.2 Å². The van der Waals surface area contributed by atoms with E-state index in [-0.39, 0.29) is 18.6 Å². The largest absolute Gasteiger partial charge is 0.393 e. The van der Waals surface area contributed by atoms with Gasteiger partial charge in [-0.3, -0.25) is 9.48 Å². The molecule has 0 radical (unpaired) electrons. The lowest BCUT2D eigenvalue weighted by Crippen LogP contribution is -2.49. The van der Waals surface area contributed by atoms with Gasteiger partial charge in [0.25, 0.3) is 0 Å². The zero-order valence-corrected chi connectivity index (χ0v) is 22.8. The molecule has 2 aliphatic heterocycles. The van der Waals surface area contributed by atoms with E-state index in [0.29, 0.717) is 19.0 Å². The van der Waals surface area contributed by atoms with Crippen molar-refractivity contribution in [3.05, 3.63) is 54.1 Å². The first kappa shape index (κ1) is 26.2. The van der Waals surface area contributed by atoms with Gasteiger partial charge in [-0.15, -0.1) is 0 Å². The lowest BCUT2D eigenvalue weighted by atomic mass is 9.90. The molecule has 2 saturated heterocycles. The second kappa shape index (κ2) is 11.5. The molecule has 38 heavy (non-hydrogen) atoms. The van der Waals surface area contributed by atoms with E-state index in [1.165, 1.54) is 0 Å². The highest BCUT2D eigenvalue weighted by molar-refractivity contribution is 5.79. The molecule has 2 fully saturated rings. The van der Waals surface area contributed by atoms with Gasteiger partial charge in [0.15, 0.2) is 0 Å². The van der Waals surface area contributed by atoms with Gasteiger partial charge in [-0.25, -0.2) is 9.97 Å². The molecule has 9 nitrogen and oxygen atoms in total. The number of carbonyl (C=O) groups is 1. The summed E-state index contributed by atoms with van der Waals surface area (Å²) in [6, 6.07) is 10.4. The molecular formula is C29H39N7O2. The molecule has 9 heteroatoms. The maximum atomic E-state index is 12.9. The molecule has 1 N–H and O–H groups in total. The summed E-state index contributed by atoms with van der Waals surface area (Å²) < 4.78 is 1.79. The fraction of sp³-hybridized carbons (Fsp3) is 0.517. The van der Waals surface area contributed by atoms with Gasteiger partial charge in [-0.2, -0.15) is 5.10 Å². The average molecular weight is 518 g/mol. The van der Waals surface area contributed by atoms with Crippen molar-refractivity contribution in [1.82, 2.24) is 24.6 Å². The van der Waals surface area contributed by atoms with Crippen LogP contribution in [0, 0.1) is 19.8 Å². The summed E-state index contributed by atoms with van der Waals surface area (Å²) in [7, 11) is 0. The molecule has 5 rings (SSSR count). The third kappa shape index (κ3) is 5.67. The summed E-state index contributed by atoms with van der Waals surface area (Å²) in [6.45, 7) is 10.9. The van der Waals surface area contributed by atoms with Gasteiger partial charge >= 0.3 is 0 Å². The summed E-state index contributed by atoms with van der Waals surface area (Å²) in [6.07, 6.45) is 6.38. The second-order valence-corrected chi connectivity index (χ2v) is 10.5. The highest BCUT2D eigenvalue weighted by Crippen LogP contribution is 2.32. The van der Waals surface area contributed by atoms with E-state index in [0.717, 1.165) is 79.6 Å². The monoisotopic (exact) mass is 517 g/mol. The van der Waals surface area contributed by atoms with Crippen LogP contribution in [0.1, 0.15) is 37.6 Å². The summed E-state index contributed by atoms with van der Waals surface area (Å²) in [5.41, 5.74) is 5.18. The molecule has 0 spiro atoms. The summed E-state index contributed by atoms with van der Waals surface area (Å²) >= 11 is 0. The van der Waals surface area contributed by atoms with Gasteiger partial charge in [-0.1, -0.05) is 25.1 Å². The second-order valence-electron chi connectivity index (χ2n) is 10.5. The first-order valence-corrected chi connectivity index (χ1v) is 13.8. The number of anilines is 2. The number of piperazine rings is 1. The Kier molecular flexibility index (Phi) is 7.93. The number of rotatable bonds is 7. The Morgan fingerprint density at radius 3 is 2.32 bits per heavy atom. The number of aromatic nitrogens is 4. The third-order valence-electron chi connectivity index (χ3n) is 8.00. The van der Waals surface area contributed by atoms with E-state index >= 15 is 0 Å². The number of hydrogen-bond acceptors (Lipinski definition) is 7. The number of benzene rings is 1. The zero-order chi connectivity index (χ0) is 26.6. The Hall–Kier alpha value is -3.46. The Balaban J connectivity index is 1.21. The fourth-order valence-electron chi connectivity index (χ4n) is 5.69. The Labute approximate surface area is 225 Å². The lowest BCUT2D eigenvalue weighted by molar-refractivity contribution is -0.132. The quantitative estimate of drug-likeness (QED) is 0.514. The van der Waals surface area contributed by atoms with Crippen molar-refractivity contribution in [3.8, 4) is 11.1 Å². The molecular weight excluding hydrogens is 478 g/mol. The van der Waals surface area contributed by atoms with Gasteiger partial charge in [0.2, 0.25) is 11.9 Å². The van der Waals surface area contributed by atoms with Crippen molar-refractivity contribution in [1.29, 1.82) is 0 Å².